The summed E-state index contributed by atoms with van der Waals surface area (Å²) in [5.74, 6) is 0. The molecule has 0 spiro atoms. The van der Waals surface area contributed by atoms with Crippen molar-refractivity contribution in [3.63, 3.8) is 0 Å². The predicted molar refractivity (Wildman–Crippen MR) is 100 cm³/mol. The number of carbonyl (C=O) groups excluding carboxylic acids is 1. The van der Waals surface area contributed by atoms with Crippen LogP contribution in [-0.2, 0) is 4.74 Å². The molecule has 0 aromatic heterocycles. The summed E-state index contributed by atoms with van der Waals surface area (Å²) < 4.78 is 5.34. The summed E-state index contributed by atoms with van der Waals surface area (Å²) in [5, 5.41) is 3.06. The zero-order valence-corrected chi connectivity index (χ0v) is 15.5. The maximum absolute atomic E-state index is 12.3. The van der Waals surface area contributed by atoms with Gasteiger partial charge in [-0.25, -0.2) is 4.79 Å². The van der Waals surface area contributed by atoms with Crippen LogP contribution in [0.2, 0.25) is 0 Å². The van der Waals surface area contributed by atoms with Crippen molar-refractivity contribution in [3.05, 3.63) is 29.3 Å². The lowest BCUT2D eigenvalue weighted by molar-refractivity contribution is 0.0386. The van der Waals surface area contributed by atoms with Crippen LogP contribution in [0.3, 0.4) is 0 Å². The van der Waals surface area contributed by atoms with Gasteiger partial charge in [0.1, 0.15) is 0 Å². The van der Waals surface area contributed by atoms with Gasteiger partial charge in [-0.15, -0.1) is 0 Å². The Hall–Kier alpha value is -1.79. The molecule has 2 heterocycles. The first kappa shape index (κ1) is 18.0. The van der Waals surface area contributed by atoms with Gasteiger partial charge in [-0.3, -0.25) is 4.90 Å². The maximum Gasteiger partial charge on any atom is 0.317 e. The van der Waals surface area contributed by atoms with Crippen molar-refractivity contribution in [1.29, 1.82) is 0 Å². The molecule has 2 fully saturated rings. The van der Waals surface area contributed by atoms with E-state index in [0.29, 0.717) is 6.54 Å². The number of carbonyl (C=O) groups is 1. The fourth-order valence-electron chi connectivity index (χ4n) is 3.35. The van der Waals surface area contributed by atoms with Crippen LogP contribution in [0.15, 0.2) is 18.2 Å². The van der Waals surface area contributed by atoms with E-state index < -0.39 is 0 Å². The fraction of sp³-hybridized carbons (Fsp3) is 0.632. The number of urea groups is 1. The molecule has 138 valence electrons. The number of rotatable bonds is 4. The number of aryl methyl sites for hydroxylation is 2. The Morgan fingerprint density at radius 1 is 1.04 bits per heavy atom. The lowest BCUT2D eigenvalue weighted by Crippen LogP contribution is -2.52. The third-order valence-corrected chi connectivity index (χ3v) is 5.23. The number of nitrogens with zero attached hydrogens (tertiary/aromatic N) is 3. The van der Waals surface area contributed by atoms with Crippen molar-refractivity contribution in [2.45, 2.75) is 13.8 Å². The summed E-state index contributed by atoms with van der Waals surface area (Å²) in [6, 6.07) is 6.66. The molecule has 3 rings (SSSR count). The number of ether oxygens (including phenoxy) is 1. The van der Waals surface area contributed by atoms with Crippen molar-refractivity contribution in [2.75, 3.05) is 70.5 Å². The molecule has 25 heavy (non-hydrogen) atoms. The number of piperazine rings is 1. The predicted octanol–water partition coefficient (Wildman–Crippen LogP) is 1.47. The summed E-state index contributed by atoms with van der Waals surface area (Å²) in [6.45, 7) is 12.7. The first-order valence-electron chi connectivity index (χ1n) is 9.28. The van der Waals surface area contributed by atoms with E-state index in [-0.39, 0.29) is 6.03 Å². The average molecular weight is 346 g/mol. The molecule has 6 heteroatoms. The third kappa shape index (κ3) is 4.86. The number of nitrogens with one attached hydrogen (secondary N) is 1. The van der Waals surface area contributed by atoms with Gasteiger partial charge in [0.25, 0.3) is 0 Å². The van der Waals surface area contributed by atoms with Gasteiger partial charge < -0.3 is 19.9 Å². The standard InChI is InChI=1S/C19H30N4O2/c1-16-3-4-18(15-17(16)2)22-7-9-23(10-8-22)19(24)20-5-6-21-11-13-25-14-12-21/h3-4,15H,5-14H2,1-2H3,(H,20,24). The number of anilines is 1. The monoisotopic (exact) mass is 346 g/mol. The van der Waals surface area contributed by atoms with Crippen molar-refractivity contribution in [1.82, 2.24) is 15.1 Å². The number of benzene rings is 1. The lowest BCUT2D eigenvalue weighted by Gasteiger charge is -2.36. The Kier molecular flexibility index (Phi) is 6.15. The highest BCUT2D eigenvalue weighted by molar-refractivity contribution is 5.74. The average Bonchev–Trinajstić information content (AvgIpc) is 2.65. The van der Waals surface area contributed by atoms with Crippen LogP contribution in [0.1, 0.15) is 11.1 Å². The van der Waals surface area contributed by atoms with E-state index >= 15 is 0 Å². The largest absolute Gasteiger partial charge is 0.379 e. The molecule has 2 aliphatic rings. The molecule has 0 atom stereocenters. The Bertz CT molecular complexity index is 579. The Morgan fingerprint density at radius 3 is 2.44 bits per heavy atom. The second-order valence-electron chi connectivity index (χ2n) is 6.93. The molecule has 0 bridgehead atoms. The zero-order valence-electron chi connectivity index (χ0n) is 15.5. The highest BCUT2D eigenvalue weighted by Crippen LogP contribution is 2.20. The van der Waals surface area contributed by atoms with Crippen molar-refractivity contribution in [2.24, 2.45) is 0 Å². The summed E-state index contributed by atoms with van der Waals surface area (Å²) >= 11 is 0. The summed E-state index contributed by atoms with van der Waals surface area (Å²) in [5.41, 5.74) is 3.90. The molecule has 2 amide bonds. The molecule has 6 nitrogen and oxygen atoms in total. The van der Waals surface area contributed by atoms with Crippen LogP contribution in [0.25, 0.3) is 0 Å². The third-order valence-electron chi connectivity index (χ3n) is 5.23. The molecule has 1 aromatic rings. The minimum absolute atomic E-state index is 0.0630. The first-order valence-corrected chi connectivity index (χ1v) is 9.28. The smallest absolute Gasteiger partial charge is 0.317 e. The second kappa shape index (κ2) is 8.54. The fourth-order valence-corrected chi connectivity index (χ4v) is 3.35. The normalized spacial score (nSPS) is 19.1. The highest BCUT2D eigenvalue weighted by atomic mass is 16.5. The molecule has 1 N–H and O–H groups in total. The lowest BCUT2D eigenvalue weighted by atomic mass is 10.1. The molecule has 2 saturated heterocycles. The van der Waals surface area contributed by atoms with Crippen LogP contribution < -0.4 is 10.2 Å². The van der Waals surface area contributed by atoms with E-state index in [1.165, 1.54) is 16.8 Å². The SMILES string of the molecule is Cc1ccc(N2CCN(C(=O)NCCN3CCOCC3)CC2)cc1C. The second-order valence-corrected chi connectivity index (χ2v) is 6.93. The van der Waals surface area contributed by atoms with Gasteiger partial charge in [-0.2, -0.15) is 0 Å². The van der Waals surface area contributed by atoms with Gasteiger partial charge in [0.05, 0.1) is 13.2 Å². The van der Waals surface area contributed by atoms with Crippen LogP contribution in [-0.4, -0.2) is 81.4 Å². The molecule has 2 aliphatic heterocycles. The van der Waals surface area contributed by atoms with E-state index in [2.05, 4.69) is 47.2 Å². The van der Waals surface area contributed by atoms with Crippen LogP contribution in [0.5, 0.6) is 0 Å². The number of hydrogen-bond donors (Lipinski definition) is 1. The van der Waals surface area contributed by atoms with Crippen molar-refractivity contribution in [3.8, 4) is 0 Å². The minimum atomic E-state index is 0.0630. The molecule has 0 aliphatic carbocycles. The van der Waals surface area contributed by atoms with E-state index in [4.69, 9.17) is 4.74 Å². The molecule has 0 unspecified atom stereocenters. The van der Waals surface area contributed by atoms with Crippen LogP contribution in [0.4, 0.5) is 10.5 Å². The van der Waals surface area contributed by atoms with Gasteiger partial charge in [0, 0.05) is 58.0 Å². The minimum Gasteiger partial charge on any atom is -0.379 e. The Balaban J connectivity index is 1.40. The van der Waals surface area contributed by atoms with E-state index in [1.807, 2.05) is 4.90 Å². The topological polar surface area (TPSA) is 48.0 Å². The van der Waals surface area contributed by atoms with Gasteiger partial charge >= 0.3 is 6.03 Å². The quantitative estimate of drug-likeness (QED) is 0.897. The van der Waals surface area contributed by atoms with Crippen LogP contribution in [0, 0.1) is 13.8 Å². The van der Waals surface area contributed by atoms with Crippen molar-refractivity contribution >= 4 is 11.7 Å². The number of hydrogen-bond acceptors (Lipinski definition) is 4. The zero-order chi connectivity index (χ0) is 17.6. The number of morpholine rings is 1. The summed E-state index contributed by atoms with van der Waals surface area (Å²) in [4.78, 5) is 19.0. The Labute approximate surface area is 150 Å². The van der Waals surface area contributed by atoms with Crippen LogP contribution >= 0.6 is 0 Å². The Morgan fingerprint density at radius 2 is 1.76 bits per heavy atom. The van der Waals surface area contributed by atoms with E-state index in [0.717, 1.165) is 59.0 Å². The molecule has 1 aromatic carbocycles. The maximum atomic E-state index is 12.3. The summed E-state index contributed by atoms with van der Waals surface area (Å²) in [7, 11) is 0. The van der Waals surface area contributed by atoms with E-state index in [9.17, 15) is 4.79 Å². The highest BCUT2D eigenvalue weighted by Gasteiger charge is 2.21. The molecule has 0 radical (unpaired) electrons. The van der Waals surface area contributed by atoms with Gasteiger partial charge in [0.2, 0.25) is 0 Å². The van der Waals surface area contributed by atoms with Gasteiger partial charge in [-0.05, 0) is 37.1 Å². The molecular weight excluding hydrogens is 316 g/mol. The van der Waals surface area contributed by atoms with E-state index in [1.54, 1.807) is 0 Å². The first-order chi connectivity index (χ1) is 12.1. The number of amides is 2. The van der Waals surface area contributed by atoms with Gasteiger partial charge in [0.15, 0.2) is 0 Å². The summed E-state index contributed by atoms with van der Waals surface area (Å²) in [6.07, 6.45) is 0. The van der Waals surface area contributed by atoms with Gasteiger partial charge in [-0.1, -0.05) is 6.07 Å². The molecular formula is C19H30N4O2. The van der Waals surface area contributed by atoms with Crippen molar-refractivity contribution < 1.29 is 9.53 Å². The molecule has 0 saturated carbocycles.